The number of fused-ring (bicyclic) bond motifs is 2. The molecule has 0 fully saturated rings. The van der Waals surface area contributed by atoms with Crippen LogP contribution in [0.15, 0.2) is 158 Å². The average molecular weight is 868 g/mol. The van der Waals surface area contributed by atoms with Crippen LogP contribution in [-0.4, -0.2) is 20.7 Å². The predicted molar refractivity (Wildman–Crippen MR) is 210 cm³/mol. The van der Waals surface area contributed by atoms with Crippen LogP contribution in [0.25, 0.3) is 44.7 Å². The van der Waals surface area contributed by atoms with Crippen molar-refractivity contribution in [1.29, 1.82) is 0 Å². The van der Waals surface area contributed by atoms with Gasteiger partial charge in [0.1, 0.15) is 0 Å². The second-order valence-electron chi connectivity index (χ2n) is 14.1. The van der Waals surface area contributed by atoms with E-state index in [1.54, 1.807) is 0 Å². The van der Waals surface area contributed by atoms with Gasteiger partial charge in [-0.05, 0) is 6.07 Å². The molecular weight excluding hydrogens is 832 g/mol. The van der Waals surface area contributed by atoms with Crippen LogP contribution in [0.2, 0.25) is 0 Å². The van der Waals surface area contributed by atoms with E-state index >= 15 is 0 Å². The molecule has 1 aliphatic heterocycles. The Morgan fingerprint density at radius 3 is 1.92 bits per heavy atom. The number of rotatable bonds is 7. The third kappa shape index (κ3) is 6.26. The molecular formula is C47H36N4OPt-2. The fourth-order valence-electron chi connectivity index (χ4n) is 7.51. The Morgan fingerprint density at radius 2 is 1.25 bits per heavy atom. The normalized spacial score (nSPS) is 13.5. The van der Waals surface area contributed by atoms with E-state index in [4.69, 9.17) is 4.74 Å². The summed E-state index contributed by atoms with van der Waals surface area (Å²) < 4.78 is 12.2. The van der Waals surface area contributed by atoms with Crippen molar-refractivity contribution in [3.63, 3.8) is 0 Å². The van der Waals surface area contributed by atoms with Crippen LogP contribution in [0.4, 0.5) is 11.5 Å². The van der Waals surface area contributed by atoms with Crippen molar-refractivity contribution < 1.29 is 24.1 Å². The molecule has 0 bridgehead atoms. The minimum atomic E-state index is 0.0971. The number of imidazole rings is 1. The molecule has 1 aliphatic rings. The second kappa shape index (κ2) is 13.7. The molecule has 0 radical (unpaired) electrons. The third-order valence-electron chi connectivity index (χ3n) is 9.78. The molecule has 8 aromatic rings. The Morgan fingerprint density at radius 1 is 0.623 bits per heavy atom. The zero-order valence-corrected chi connectivity index (χ0v) is 31.7. The molecule has 9 rings (SSSR count). The first-order valence-electron chi connectivity index (χ1n) is 17.8. The summed E-state index contributed by atoms with van der Waals surface area (Å²) in [7, 11) is 0. The molecule has 6 aromatic carbocycles. The summed E-state index contributed by atoms with van der Waals surface area (Å²) in [5.74, 6) is 2.17. The van der Waals surface area contributed by atoms with Crippen molar-refractivity contribution in [1.82, 2.24) is 14.1 Å². The summed E-state index contributed by atoms with van der Waals surface area (Å²) in [6.45, 7) is 5.45. The summed E-state index contributed by atoms with van der Waals surface area (Å²) in [4.78, 5) is 6.94. The molecule has 3 heterocycles. The number of hydrogen-bond acceptors (Lipinski definition) is 3. The van der Waals surface area contributed by atoms with Crippen LogP contribution in [0.1, 0.15) is 19.4 Å². The second-order valence-corrected chi connectivity index (χ2v) is 15.2. The first kappa shape index (κ1) is 33.1. The zero-order valence-electron chi connectivity index (χ0n) is 29.4. The van der Waals surface area contributed by atoms with Crippen molar-refractivity contribution in [2.75, 3.05) is 11.4 Å². The molecule has 0 N–H and O–H groups in total. The van der Waals surface area contributed by atoms with Crippen LogP contribution < -0.4 is 9.64 Å². The standard InChI is InChI=1S/C47H36N4O.Pt/c1-47(2)31-36-26-27-39(30-44(36)49(32-47)45-25-11-12-28-48-45)52-38-20-13-19-37(29-38)50-33-51(43-24-10-9-23-42(43)50)46-40(34-15-5-3-6-16-34)21-14-22-41(46)35-17-7-4-8-18-35;/h3-28H,31-32H2,1-2H3;/q-2;. The Labute approximate surface area is 320 Å². The minimum absolute atomic E-state index is 0.0971. The van der Waals surface area contributed by atoms with Crippen molar-refractivity contribution in [2.24, 2.45) is 5.41 Å². The summed E-state index contributed by atoms with van der Waals surface area (Å²) in [6, 6.07) is 60.0. The molecule has 2 aromatic heterocycles. The van der Waals surface area contributed by atoms with Gasteiger partial charge in [-0.2, -0.15) is 0 Å². The first-order chi connectivity index (χ1) is 25.9. The van der Waals surface area contributed by atoms with Gasteiger partial charge in [-0.3, -0.25) is 0 Å². The van der Waals surface area contributed by atoms with Crippen molar-refractivity contribution in [3.05, 3.63) is 179 Å². The van der Waals surface area contributed by atoms with Gasteiger partial charge in [0.2, 0.25) is 0 Å². The van der Waals surface area contributed by atoms with Gasteiger partial charge in [0, 0.05) is 6.20 Å². The molecule has 6 heteroatoms. The maximum absolute atomic E-state index is 6.56. The third-order valence-corrected chi connectivity index (χ3v) is 10.8. The van der Waals surface area contributed by atoms with Gasteiger partial charge in [0.05, 0.1) is 0 Å². The molecule has 0 aliphatic carbocycles. The molecule has 0 saturated carbocycles. The molecule has 53 heavy (non-hydrogen) atoms. The van der Waals surface area contributed by atoms with Gasteiger partial charge < -0.3 is 0 Å². The Hall–Kier alpha value is -5.77. The van der Waals surface area contributed by atoms with Gasteiger partial charge in [-0.25, -0.2) is 0 Å². The molecule has 0 saturated heterocycles. The number of ether oxygens (including phenoxy) is 1. The quantitative estimate of drug-likeness (QED) is 0.150. The number of hydrogen-bond donors (Lipinski definition) is 0. The number of benzene rings is 6. The summed E-state index contributed by atoms with van der Waals surface area (Å²) >= 11 is 2.47. The van der Waals surface area contributed by atoms with E-state index < -0.39 is 0 Å². The van der Waals surface area contributed by atoms with Crippen molar-refractivity contribution in [2.45, 2.75) is 20.3 Å². The van der Waals surface area contributed by atoms with Crippen LogP contribution >= 0.6 is 0 Å². The van der Waals surface area contributed by atoms with E-state index in [2.05, 4.69) is 186 Å². The fourth-order valence-corrected chi connectivity index (χ4v) is 8.58. The first-order valence-corrected chi connectivity index (χ1v) is 18.9. The number of pyridine rings is 1. The van der Waals surface area contributed by atoms with Crippen molar-refractivity contribution >= 4 is 22.5 Å². The molecule has 0 spiro atoms. The Kier molecular flexibility index (Phi) is 8.52. The fraction of sp³-hybridized carbons (Fsp3) is 0.106. The van der Waals surface area contributed by atoms with Gasteiger partial charge in [0.15, 0.2) is 0 Å². The van der Waals surface area contributed by atoms with E-state index in [9.17, 15) is 0 Å². The van der Waals surface area contributed by atoms with Gasteiger partial charge in [-0.1, -0.05) is 19.9 Å². The molecule has 262 valence electrons. The van der Waals surface area contributed by atoms with Gasteiger partial charge in [-0.15, -0.1) is 0 Å². The van der Waals surface area contributed by atoms with Crippen LogP contribution in [0, 0.1) is 21.4 Å². The summed E-state index contributed by atoms with van der Waals surface area (Å²) in [6.07, 6.45) is 2.80. The van der Waals surface area contributed by atoms with E-state index in [0.717, 1.165) is 72.9 Å². The van der Waals surface area contributed by atoms with E-state index in [1.807, 2.05) is 36.5 Å². The summed E-state index contributed by atoms with van der Waals surface area (Å²) in [5.41, 5.74) is 11.2. The van der Waals surface area contributed by atoms with Crippen molar-refractivity contribution in [3.8, 4) is 45.1 Å². The van der Waals surface area contributed by atoms with Gasteiger partial charge in [0.25, 0.3) is 0 Å². The van der Waals surface area contributed by atoms with E-state index in [0.29, 0.717) is 11.5 Å². The number of nitrogens with zero attached hydrogens (tertiary/aromatic N) is 4. The monoisotopic (exact) mass is 867 g/mol. The number of para-hydroxylation sites is 3. The maximum atomic E-state index is 6.56. The van der Waals surface area contributed by atoms with Crippen LogP contribution in [0.3, 0.4) is 0 Å². The predicted octanol–water partition coefficient (Wildman–Crippen LogP) is 11.3. The Bertz CT molecular complexity index is 2590. The topological polar surface area (TPSA) is 35.2 Å². The molecule has 5 nitrogen and oxygen atoms in total. The molecule has 0 unspecified atom stereocenters. The van der Waals surface area contributed by atoms with E-state index in [-0.39, 0.29) is 5.41 Å². The average Bonchev–Trinajstić information content (AvgIpc) is 3.49. The zero-order chi connectivity index (χ0) is 35.9. The van der Waals surface area contributed by atoms with Crippen LogP contribution in [0.5, 0.6) is 11.5 Å². The summed E-state index contributed by atoms with van der Waals surface area (Å²) in [5, 5.41) is 0. The van der Waals surface area contributed by atoms with Crippen LogP contribution in [-0.2, 0) is 25.8 Å². The number of aromatic nitrogens is 3. The number of anilines is 2. The van der Waals surface area contributed by atoms with E-state index in [1.165, 1.54) is 5.56 Å². The Balaban J connectivity index is 1.16. The van der Waals surface area contributed by atoms with Gasteiger partial charge >= 0.3 is 290 Å². The SMILES string of the molecule is CC1(C)Cc2ccc(Oc3[c-]c(-n4[c](=[Pt])n(-c5c(-c6ccccc6)cccc5-c5ccccc5)c5ccccc54)ccc3)[c-]c2N(c2ccccn2)C1. The molecule has 0 amide bonds. The molecule has 0 atom stereocenters.